The summed E-state index contributed by atoms with van der Waals surface area (Å²) >= 11 is 0. The molecule has 1 saturated heterocycles. The lowest BCUT2D eigenvalue weighted by Gasteiger charge is -2.25. The van der Waals surface area contributed by atoms with Crippen LogP contribution in [0.15, 0.2) is 48.7 Å². The predicted octanol–water partition coefficient (Wildman–Crippen LogP) is 7.43. The van der Waals surface area contributed by atoms with Crippen LogP contribution in [0.2, 0.25) is 0 Å². The van der Waals surface area contributed by atoms with Crippen LogP contribution >= 0.6 is 0 Å². The molecule has 0 radical (unpaired) electrons. The van der Waals surface area contributed by atoms with Crippen LogP contribution in [0.1, 0.15) is 82.6 Å². The van der Waals surface area contributed by atoms with Crippen molar-refractivity contribution in [2.45, 2.75) is 66.7 Å². The Hall–Kier alpha value is -3.12. The van der Waals surface area contributed by atoms with Crippen LogP contribution in [0, 0.1) is 11.8 Å². The Balaban J connectivity index is 1.69. The van der Waals surface area contributed by atoms with Crippen molar-refractivity contribution < 1.29 is 9.53 Å². The largest absolute Gasteiger partial charge is 0.494 e. The van der Waals surface area contributed by atoms with Crippen LogP contribution in [0.25, 0.3) is 22.9 Å². The number of aromatic nitrogens is 2. The second kappa shape index (κ2) is 14.5. The summed E-state index contributed by atoms with van der Waals surface area (Å²) in [7, 11) is 0. The summed E-state index contributed by atoms with van der Waals surface area (Å²) < 4.78 is 7.58. The first-order valence-electron chi connectivity index (χ1n) is 15.3. The summed E-state index contributed by atoms with van der Waals surface area (Å²) in [5.41, 5.74) is 4.68. The molecule has 6 nitrogen and oxygen atoms in total. The Morgan fingerprint density at radius 1 is 1.00 bits per heavy atom. The molecular formula is C34H48N4O2. The number of nitrogens with zero attached hydrogens (tertiary/aromatic N) is 4. The molecule has 1 aliphatic rings. The van der Waals surface area contributed by atoms with Gasteiger partial charge in [-0.2, -0.15) is 5.10 Å². The number of rotatable bonds is 13. The molecule has 0 unspecified atom stereocenters. The van der Waals surface area contributed by atoms with E-state index in [1.165, 1.54) is 19.3 Å². The summed E-state index contributed by atoms with van der Waals surface area (Å²) in [4.78, 5) is 18.3. The van der Waals surface area contributed by atoms with Crippen molar-refractivity contribution in [3.05, 3.63) is 59.8 Å². The molecule has 1 amide bonds. The number of fused-ring (bicyclic) bond motifs is 1. The summed E-state index contributed by atoms with van der Waals surface area (Å²) in [6.07, 6.45) is 12.3. The van der Waals surface area contributed by atoms with Crippen molar-refractivity contribution in [3.8, 4) is 17.0 Å². The number of hydrogen-bond acceptors (Lipinski definition) is 4. The summed E-state index contributed by atoms with van der Waals surface area (Å²) in [6, 6.07) is 12.1. The molecule has 0 atom stereocenters. The second-order valence-corrected chi connectivity index (χ2v) is 11.9. The third kappa shape index (κ3) is 7.97. The number of carbonyl (C=O) groups is 1. The van der Waals surface area contributed by atoms with Gasteiger partial charge in [0.2, 0.25) is 0 Å². The minimum Gasteiger partial charge on any atom is -0.494 e. The molecule has 1 aliphatic heterocycles. The number of carbonyl (C=O) groups excluding carboxylic acids is 1. The predicted molar refractivity (Wildman–Crippen MR) is 166 cm³/mol. The molecule has 0 spiro atoms. The van der Waals surface area contributed by atoms with Crippen molar-refractivity contribution in [2.75, 3.05) is 39.3 Å². The zero-order valence-electron chi connectivity index (χ0n) is 25.2. The van der Waals surface area contributed by atoms with E-state index in [0.29, 0.717) is 18.4 Å². The summed E-state index contributed by atoms with van der Waals surface area (Å²) in [5.74, 6) is 2.07. The lowest BCUT2D eigenvalue weighted by atomic mass is 10.0. The van der Waals surface area contributed by atoms with Crippen molar-refractivity contribution in [3.63, 3.8) is 0 Å². The van der Waals surface area contributed by atoms with Gasteiger partial charge < -0.3 is 9.64 Å². The minimum atomic E-state index is 0.107. The highest BCUT2D eigenvalue weighted by molar-refractivity contribution is 5.96. The fraction of sp³-hybridized carbons (Fsp3) is 0.529. The lowest BCUT2D eigenvalue weighted by Crippen LogP contribution is -2.34. The van der Waals surface area contributed by atoms with Crippen LogP contribution in [0.3, 0.4) is 0 Å². The Kier molecular flexibility index (Phi) is 10.8. The third-order valence-electron chi connectivity index (χ3n) is 7.70. The molecule has 4 rings (SSSR count). The van der Waals surface area contributed by atoms with E-state index in [4.69, 9.17) is 9.84 Å². The fourth-order valence-corrected chi connectivity index (χ4v) is 5.24. The van der Waals surface area contributed by atoms with Crippen LogP contribution in [0.5, 0.6) is 5.75 Å². The first-order chi connectivity index (χ1) is 19.4. The molecular weight excluding hydrogens is 496 g/mol. The Bertz CT molecular complexity index is 1240. The molecule has 216 valence electrons. The molecule has 0 bridgehead atoms. The zero-order chi connectivity index (χ0) is 28.5. The van der Waals surface area contributed by atoms with Gasteiger partial charge in [0, 0.05) is 42.5 Å². The average Bonchev–Trinajstić information content (AvgIpc) is 3.31. The fourth-order valence-electron chi connectivity index (χ4n) is 5.24. The van der Waals surface area contributed by atoms with Crippen molar-refractivity contribution in [1.29, 1.82) is 0 Å². The highest BCUT2D eigenvalue weighted by atomic mass is 16.5. The van der Waals surface area contributed by atoms with Crippen molar-refractivity contribution >= 4 is 17.5 Å². The smallest absolute Gasteiger partial charge is 0.253 e. The number of pyridine rings is 1. The van der Waals surface area contributed by atoms with Gasteiger partial charge >= 0.3 is 0 Å². The number of likely N-dealkylation sites (tertiary alicyclic amines) is 1. The zero-order valence-corrected chi connectivity index (χ0v) is 25.2. The molecule has 1 fully saturated rings. The van der Waals surface area contributed by atoms with Crippen molar-refractivity contribution in [1.82, 2.24) is 19.4 Å². The standard InChI is InChI=1S/C34H48N4O2/c1-6-40-30-14-12-28(13-15-30)33-31(11-10-21-36-19-8-7-9-20-36)32-25-29(18-24-38(32)35-33)34(39)37(22-16-26(2)3)23-17-27(4)5/h10-15,18,24-27H,6-9,16-17,19-23H2,1-5H3/b11-10+. The molecule has 0 saturated carbocycles. The van der Waals surface area contributed by atoms with Gasteiger partial charge in [0.25, 0.3) is 5.91 Å². The quantitative estimate of drug-likeness (QED) is 0.224. The number of benzene rings is 1. The first kappa shape index (κ1) is 29.9. The van der Waals surface area contributed by atoms with E-state index in [1.54, 1.807) is 0 Å². The van der Waals surface area contributed by atoms with Gasteiger partial charge in [-0.3, -0.25) is 9.69 Å². The maximum atomic E-state index is 13.8. The van der Waals surface area contributed by atoms with E-state index in [2.05, 4.69) is 56.9 Å². The molecule has 0 N–H and O–H groups in total. The molecule has 6 heteroatoms. The molecule has 40 heavy (non-hydrogen) atoms. The van der Waals surface area contributed by atoms with Gasteiger partial charge in [-0.1, -0.05) is 46.3 Å². The van der Waals surface area contributed by atoms with E-state index in [1.807, 2.05) is 46.8 Å². The highest BCUT2D eigenvalue weighted by Crippen LogP contribution is 2.30. The van der Waals surface area contributed by atoms with E-state index in [9.17, 15) is 4.79 Å². The summed E-state index contributed by atoms with van der Waals surface area (Å²) in [6.45, 7) is 16.3. The number of hydrogen-bond donors (Lipinski definition) is 0. The lowest BCUT2D eigenvalue weighted by molar-refractivity contribution is 0.0741. The SMILES string of the molecule is CCOc1ccc(-c2nn3ccc(C(=O)N(CCC(C)C)CCC(C)C)cc3c2/C=C/CN2CCCCC2)cc1. The number of amides is 1. The highest BCUT2D eigenvalue weighted by Gasteiger charge is 2.20. The summed E-state index contributed by atoms with van der Waals surface area (Å²) in [5, 5.41) is 4.97. The molecule has 3 aromatic rings. The van der Waals surface area contributed by atoms with Gasteiger partial charge in [-0.15, -0.1) is 0 Å². The van der Waals surface area contributed by atoms with Crippen molar-refractivity contribution in [2.24, 2.45) is 11.8 Å². The minimum absolute atomic E-state index is 0.107. The van der Waals surface area contributed by atoms with E-state index >= 15 is 0 Å². The average molecular weight is 545 g/mol. The van der Waals surface area contributed by atoms with Gasteiger partial charge in [0.15, 0.2) is 0 Å². The maximum Gasteiger partial charge on any atom is 0.253 e. The number of piperidine rings is 1. The van der Waals surface area contributed by atoms with Crippen LogP contribution in [-0.4, -0.2) is 64.7 Å². The van der Waals surface area contributed by atoms with Crippen LogP contribution in [-0.2, 0) is 0 Å². The van der Waals surface area contributed by atoms with Crippen LogP contribution < -0.4 is 4.74 Å². The maximum absolute atomic E-state index is 13.8. The first-order valence-corrected chi connectivity index (χ1v) is 15.3. The third-order valence-corrected chi connectivity index (χ3v) is 7.70. The molecule has 0 aliphatic carbocycles. The normalized spacial score (nSPS) is 14.6. The van der Waals surface area contributed by atoms with Gasteiger partial charge in [-0.25, -0.2) is 4.52 Å². The van der Waals surface area contributed by atoms with Gasteiger partial charge in [-0.05, 0) is 93.9 Å². The van der Waals surface area contributed by atoms with Crippen LogP contribution in [0.4, 0.5) is 0 Å². The van der Waals surface area contributed by atoms with Gasteiger partial charge in [0.1, 0.15) is 11.4 Å². The Labute approximate surface area is 241 Å². The molecule has 3 heterocycles. The molecule has 1 aromatic carbocycles. The monoisotopic (exact) mass is 544 g/mol. The number of ether oxygens (including phenoxy) is 1. The van der Waals surface area contributed by atoms with Gasteiger partial charge in [0.05, 0.1) is 12.1 Å². The van der Waals surface area contributed by atoms with E-state index in [-0.39, 0.29) is 5.91 Å². The topological polar surface area (TPSA) is 50.1 Å². The Morgan fingerprint density at radius 3 is 2.30 bits per heavy atom. The second-order valence-electron chi connectivity index (χ2n) is 11.9. The molecule has 2 aromatic heterocycles. The Morgan fingerprint density at radius 2 is 1.68 bits per heavy atom. The van der Waals surface area contributed by atoms with E-state index < -0.39 is 0 Å². The van der Waals surface area contributed by atoms with E-state index in [0.717, 1.165) is 79.2 Å².